The summed E-state index contributed by atoms with van der Waals surface area (Å²) in [4.78, 5) is 3.86. The molecule has 0 fully saturated rings. The van der Waals surface area contributed by atoms with Crippen LogP contribution in [0, 0.1) is 0 Å². The van der Waals surface area contributed by atoms with E-state index in [0.29, 0.717) is 18.8 Å². The van der Waals surface area contributed by atoms with Gasteiger partial charge >= 0.3 is 0 Å². The first-order valence-electron chi connectivity index (χ1n) is 5.59. The fourth-order valence-corrected chi connectivity index (χ4v) is 2.37. The second-order valence-electron chi connectivity index (χ2n) is 3.99. The number of anilines is 2. The van der Waals surface area contributed by atoms with E-state index in [4.69, 9.17) is 10.9 Å². The van der Waals surface area contributed by atoms with Crippen LogP contribution in [0.3, 0.4) is 0 Å². The molecule has 5 N–H and O–H groups in total. The van der Waals surface area contributed by atoms with Crippen molar-refractivity contribution in [3.8, 4) is 0 Å². The van der Waals surface area contributed by atoms with Crippen LogP contribution in [-0.4, -0.2) is 24.5 Å². The molecule has 1 aromatic carbocycles. The van der Waals surface area contributed by atoms with Crippen molar-refractivity contribution in [1.29, 1.82) is 0 Å². The van der Waals surface area contributed by atoms with Crippen molar-refractivity contribution in [3.63, 3.8) is 0 Å². The lowest BCUT2D eigenvalue weighted by molar-refractivity contribution is 0.598. The smallest absolute Gasteiger partial charge is 0.240 e. The van der Waals surface area contributed by atoms with Gasteiger partial charge in [0.15, 0.2) is 0 Å². The normalized spacial score (nSPS) is 11.4. The monoisotopic (exact) mass is 281 g/mol. The van der Waals surface area contributed by atoms with Gasteiger partial charge in [0.1, 0.15) is 4.90 Å². The third-order valence-corrected chi connectivity index (χ3v) is 3.59. The van der Waals surface area contributed by atoms with Gasteiger partial charge in [-0.15, -0.1) is 0 Å². The predicted molar refractivity (Wildman–Crippen MR) is 72.9 cm³/mol. The molecule has 0 radical (unpaired) electrons. The summed E-state index contributed by atoms with van der Waals surface area (Å²) in [7, 11) is -3.80. The van der Waals surface area contributed by atoms with Gasteiger partial charge in [-0.2, -0.15) is 0 Å². The maximum absolute atomic E-state index is 11.3. The van der Waals surface area contributed by atoms with Gasteiger partial charge in [0.05, 0.1) is 17.7 Å². The highest BCUT2D eigenvalue weighted by molar-refractivity contribution is 7.89. The first-order valence-corrected chi connectivity index (χ1v) is 7.14. The molecule has 7 nitrogen and oxygen atoms in total. The average Bonchev–Trinajstić information content (AvgIpc) is 2.83. The van der Waals surface area contributed by atoms with Gasteiger partial charge in [-0.25, -0.2) is 18.5 Å². The number of benzene rings is 1. The van der Waals surface area contributed by atoms with Crippen LogP contribution in [0.4, 0.5) is 11.4 Å². The zero-order valence-electron chi connectivity index (χ0n) is 10.2. The van der Waals surface area contributed by atoms with Crippen molar-refractivity contribution < 1.29 is 8.42 Å². The minimum Gasteiger partial charge on any atom is -0.396 e. The molecule has 0 atom stereocenters. The topological polar surface area (TPSA) is 116 Å². The van der Waals surface area contributed by atoms with Crippen molar-refractivity contribution in [3.05, 3.63) is 36.9 Å². The molecule has 2 rings (SSSR count). The maximum atomic E-state index is 11.3. The summed E-state index contributed by atoms with van der Waals surface area (Å²) in [6.07, 6.45) is 5.23. The SMILES string of the molecule is Nc1c(NCCn2ccnc2)cccc1S(N)(=O)=O. The molecule has 102 valence electrons. The maximum Gasteiger partial charge on any atom is 0.240 e. The van der Waals surface area contributed by atoms with E-state index in [1.165, 1.54) is 6.07 Å². The van der Waals surface area contributed by atoms with E-state index < -0.39 is 10.0 Å². The molecule has 0 aliphatic carbocycles. The molecule has 0 saturated heterocycles. The molecule has 0 bridgehead atoms. The highest BCUT2D eigenvalue weighted by atomic mass is 32.2. The highest BCUT2D eigenvalue weighted by Gasteiger charge is 2.14. The highest BCUT2D eigenvalue weighted by Crippen LogP contribution is 2.25. The zero-order valence-corrected chi connectivity index (χ0v) is 11.0. The second kappa shape index (κ2) is 5.29. The van der Waals surface area contributed by atoms with E-state index in [9.17, 15) is 8.42 Å². The number of nitrogens with two attached hydrogens (primary N) is 2. The molecular formula is C11H15N5O2S. The number of aromatic nitrogens is 2. The molecule has 19 heavy (non-hydrogen) atoms. The van der Waals surface area contributed by atoms with Gasteiger partial charge in [-0.3, -0.25) is 0 Å². The Morgan fingerprint density at radius 1 is 1.37 bits per heavy atom. The lowest BCUT2D eigenvalue weighted by Crippen LogP contribution is -2.16. The minimum atomic E-state index is -3.80. The molecule has 1 aromatic heterocycles. The Hall–Kier alpha value is -2.06. The number of nitrogens with one attached hydrogen (secondary N) is 1. The number of nitrogens with zero attached hydrogens (tertiary/aromatic N) is 2. The Bertz CT molecular complexity index is 652. The third-order valence-electron chi connectivity index (χ3n) is 2.62. The summed E-state index contributed by atoms with van der Waals surface area (Å²) < 4.78 is 24.5. The van der Waals surface area contributed by atoms with Crippen molar-refractivity contribution in [2.24, 2.45) is 5.14 Å². The van der Waals surface area contributed by atoms with Crippen LogP contribution < -0.4 is 16.2 Å². The zero-order chi connectivity index (χ0) is 13.9. The molecule has 0 unspecified atom stereocenters. The van der Waals surface area contributed by atoms with Gasteiger partial charge in [0.25, 0.3) is 0 Å². The quantitative estimate of drug-likeness (QED) is 0.678. The molecule has 0 amide bonds. The molecule has 0 spiro atoms. The first kappa shape index (κ1) is 13.4. The molecular weight excluding hydrogens is 266 g/mol. The number of imidazole rings is 1. The summed E-state index contributed by atoms with van der Waals surface area (Å²) in [6.45, 7) is 1.29. The van der Waals surface area contributed by atoms with Crippen molar-refractivity contribution in [2.45, 2.75) is 11.4 Å². The van der Waals surface area contributed by atoms with Gasteiger partial charge in [0, 0.05) is 25.5 Å². The van der Waals surface area contributed by atoms with E-state index in [0.717, 1.165) is 0 Å². The predicted octanol–water partition coefficient (Wildman–Crippen LogP) is 0.225. The standard InChI is InChI=1S/C11H15N5O2S/c12-11-9(2-1-3-10(11)19(13,17)18)15-5-7-16-6-4-14-8-16/h1-4,6,8,15H,5,7,12H2,(H2,13,17,18). The number of nitrogen functional groups attached to an aromatic ring is 1. The van der Waals surface area contributed by atoms with Crippen LogP contribution in [0.5, 0.6) is 0 Å². The van der Waals surface area contributed by atoms with E-state index >= 15 is 0 Å². The van der Waals surface area contributed by atoms with E-state index in [2.05, 4.69) is 10.3 Å². The first-order chi connectivity index (χ1) is 8.98. The second-order valence-corrected chi connectivity index (χ2v) is 5.52. The summed E-state index contributed by atoms with van der Waals surface area (Å²) in [5, 5.41) is 8.15. The van der Waals surface area contributed by atoms with Crippen LogP contribution in [-0.2, 0) is 16.6 Å². The van der Waals surface area contributed by atoms with Crippen LogP contribution in [0.1, 0.15) is 0 Å². The molecule has 2 aromatic rings. The van der Waals surface area contributed by atoms with Gasteiger partial charge < -0.3 is 15.6 Å². The minimum absolute atomic E-state index is 0.0693. The Labute approximate surface area is 111 Å². The lowest BCUT2D eigenvalue weighted by Gasteiger charge is -2.12. The van der Waals surface area contributed by atoms with Crippen LogP contribution in [0.25, 0.3) is 0 Å². The Morgan fingerprint density at radius 3 is 2.79 bits per heavy atom. The van der Waals surface area contributed by atoms with E-state index in [-0.39, 0.29) is 10.6 Å². The Balaban J connectivity index is 2.09. The van der Waals surface area contributed by atoms with Crippen LogP contribution in [0.2, 0.25) is 0 Å². The number of sulfonamides is 1. The van der Waals surface area contributed by atoms with Gasteiger partial charge in [-0.1, -0.05) is 6.07 Å². The Morgan fingerprint density at radius 2 is 2.16 bits per heavy atom. The van der Waals surface area contributed by atoms with Gasteiger partial charge in [-0.05, 0) is 12.1 Å². The number of rotatable bonds is 5. The number of hydrogen-bond donors (Lipinski definition) is 3. The fraction of sp³-hybridized carbons (Fsp3) is 0.182. The number of hydrogen-bond acceptors (Lipinski definition) is 5. The molecule has 8 heteroatoms. The largest absolute Gasteiger partial charge is 0.396 e. The summed E-state index contributed by atoms with van der Waals surface area (Å²) in [5.41, 5.74) is 6.47. The fourth-order valence-electron chi connectivity index (χ4n) is 1.68. The third kappa shape index (κ3) is 3.24. The molecule has 1 heterocycles. The Kier molecular flexibility index (Phi) is 3.72. The van der Waals surface area contributed by atoms with Gasteiger partial charge in [0.2, 0.25) is 10.0 Å². The van der Waals surface area contributed by atoms with Crippen molar-refractivity contribution in [1.82, 2.24) is 9.55 Å². The lowest BCUT2D eigenvalue weighted by atomic mass is 10.2. The molecule has 0 saturated carbocycles. The molecule has 0 aliphatic rings. The van der Waals surface area contributed by atoms with Crippen LogP contribution >= 0.6 is 0 Å². The van der Waals surface area contributed by atoms with Crippen molar-refractivity contribution in [2.75, 3.05) is 17.6 Å². The summed E-state index contributed by atoms with van der Waals surface area (Å²) in [5.74, 6) is 0. The van der Waals surface area contributed by atoms with Crippen LogP contribution in [0.15, 0.2) is 41.8 Å². The number of para-hydroxylation sites is 1. The van der Waals surface area contributed by atoms with E-state index in [1.54, 1.807) is 24.7 Å². The summed E-state index contributed by atoms with van der Waals surface area (Å²) in [6, 6.07) is 4.68. The molecule has 0 aliphatic heterocycles. The average molecular weight is 281 g/mol. The van der Waals surface area contributed by atoms with Crippen molar-refractivity contribution >= 4 is 21.4 Å². The van der Waals surface area contributed by atoms with E-state index in [1.807, 2.05) is 10.8 Å². The number of primary sulfonamides is 1. The summed E-state index contributed by atoms with van der Waals surface area (Å²) >= 11 is 0.